The number of hydrogen-bond acceptors (Lipinski definition) is 2. The maximum absolute atomic E-state index is 13.8. The van der Waals surface area contributed by atoms with Crippen molar-refractivity contribution in [3.05, 3.63) is 65.2 Å². The first-order valence-corrected chi connectivity index (χ1v) is 10.7. The van der Waals surface area contributed by atoms with E-state index in [0.717, 1.165) is 40.6 Å². The summed E-state index contributed by atoms with van der Waals surface area (Å²) in [4.78, 5) is 20.7. The Morgan fingerprint density at radius 1 is 0.931 bits per heavy atom. The first kappa shape index (κ1) is 21.0. The number of benzene rings is 2. The van der Waals surface area contributed by atoms with Gasteiger partial charge in [0.25, 0.3) is 5.91 Å². The monoisotopic (exact) mass is 388 g/mol. The molecule has 29 heavy (non-hydrogen) atoms. The number of pyridine rings is 1. The summed E-state index contributed by atoms with van der Waals surface area (Å²) in [6, 6.07) is 16.7. The van der Waals surface area contributed by atoms with Gasteiger partial charge in [-0.3, -0.25) is 4.79 Å². The van der Waals surface area contributed by atoms with Gasteiger partial charge in [-0.25, -0.2) is 4.98 Å². The summed E-state index contributed by atoms with van der Waals surface area (Å²) in [5.41, 5.74) is 5.98. The molecule has 152 valence electrons. The van der Waals surface area contributed by atoms with Gasteiger partial charge >= 0.3 is 0 Å². The molecule has 3 nitrogen and oxygen atoms in total. The quantitative estimate of drug-likeness (QED) is 0.479. The van der Waals surface area contributed by atoms with Crippen molar-refractivity contribution in [1.82, 2.24) is 9.88 Å². The zero-order valence-corrected chi connectivity index (χ0v) is 18.5. The molecule has 0 bridgehead atoms. The molecule has 0 fully saturated rings. The van der Waals surface area contributed by atoms with Gasteiger partial charge in [-0.1, -0.05) is 44.2 Å². The first-order chi connectivity index (χ1) is 13.9. The van der Waals surface area contributed by atoms with Crippen LogP contribution in [0.5, 0.6) is 0 Å². The summed E-state index contributed by atoms with van der Waals surface area (Å²) in [5.74, 6) is 0.0948. The molecule has 0 aliphatic carbocycles. The number of para-hydroxylation sites is 1. The Morgan fingerprint density at radius 3 is 2.21 bits per heavy atom. The molecule has 1 amide bonds. The van der Waals surface area contributed by atoms with E-state index in [1.54, 1.807) is 0 Å². The van der Waals surface area contributed by atoms with E-state index >= 15 is 0 Å². The van der Waals surface area contributed by atoms with Crippen molar-refractivity contribution in [3.8, 4) is 11.3 Å². The maximum Gasteiger partial charge on any atom is 0.255 e. The maximum atomic E-state index is 13.8. The second-order valence-corrected chi connectivity index (χ2v) is 8.10. The molecule has 0 saturated carbocycles. The molecule has 0 radical (unpaired) electrons. The van der Waals surface area contributed by atoms with Crippen LogP contribution in [0.3, 0.4) is 0 Å². The number of carbonyl (C=O) groups excluding carboxylic acids is 1. The molecule has 3 rings (SSSR count). The third-order valence-electron chi connectivity index (χ3n) is 6.12. The van der Waals surface area contributed by atoms with E-state index < -0.39 is 0 Å². The molecule has 3 heteroatoms. The van der Waals surface area contributed by atoms with Gasteiger partial charge in [0.1, 0.15) is 0 Å². The summed E-state index contributed by atoms with van der Waals surface area (Å²) >= 11 is 0. The molecule has 0 saturated heterocycles. The summed E-state index contributed by atoms with van der Waals surface area (Å²) in [6.45, 7) is 12.8. The van der Waals surface area contributed by atoms with Crippen molar-refractivity contribution in [3.63, 3.8) is 0 Å². The van der Waals surface area contributed by atoms with Crippen LogP contribution in [-0.4, -0.2) is 27.9 Å². The Kier molecular flexibility index (Phi) is 6.36. The molecule has 0 aliphatic heterocycles. The summed E-state index contributed by atoms with van der Waals surface area (Å²) < 4.78 is 0. The summed E-state index contributed by atoms with van der Waals surface area (Å²) in [5, 5.41) is 0.918. The number of aryl methyl sites for hydroxylation is 2. The van der Waals surface area contributed by atoms with Gasteiger partial charge in [0, 0.05) is 23.0 Å². The Bertz CT molecular complexity index is 1010. The van der Waals surface area contributed by atoms with E-state index in [9.17, 15) is 4.79 Å². The largest absolute Gasteiger partial charge is 0.333 e. The smallest absolute Gasteiger partial charge is 0.255 e. The predicted molar refractivity (Wildman–Crippen MR) is 122 cm³/mol. The molecule has 0 spiro atoms. The number of nitrogens with zero attached hydrogens (tertiary/aromatic N) is 2. The Hall–Kier alpha value is -2.68. The van der Waals surface area contributed by atoms with E-state index in [0.29, 0.717) is 0 Å². The molecule has 2 atom stereocenters. The zero-order valence-electron chi connectivity index (χ0n) is 18.5. The lowest BCUT2D eigenvalue weighted by Crippen LogP contribution is -2.44. The van der Waals surface area contributed by atoms with Gasteiger partial charge in [-0.2, -0.15) is 0 Å². The lowest BCUT2D eigenvalue weighted by molar-refractivity contribution is 0.0600. The molecule has 2 unspecified atom stereocenters. The van der Waals surface area contributed by atoms with E-state index in [1.165, 1.54) is 11.1 Å². The first-order valence-electron chi connectivity index (χ1n) is 10.7. The normalized spacial score (nSPS) is 13.3. The fourth-order valence-electron chi connectivity index (χ4n) is 3.77. The minimum atomic E-state index is 0.0948. The highest BCUT2D eigenvalue weighted by Crippen LogP contribution is 2.28. The summed E-state index contributed by atoms with van der Waals surface area (Å²) in [6.07, 6.45) is 1.87. The third-order valence-corrected chi connectivity index (χ3v) is 6.12. The fourth-order valence-corrected chi connectivity index (χ4v) is 3.77. The second-order valence-electron chi connectivity index (χ2n) is 8.10. The van der Waals surface area contributed by atoms with Crippen LogP contribution in [-0.2, 0) is 0 Å². The highest BCUT2D eigenvalue weighted by Gasteiger charge is 2.26. The molecule has 3 aromatic rings. The van der Waals surface area contributed by atoms with E-state index in [1.807, 2.05) is 35.2 Å². The van der Waals surface area contributed by atoms with Crippen molar-refractivity contribution < 1.29 is 4.79 Å². The van der Waals surface area contributed by atoms with Crippen molar-refractivity contribution in [1.29, 1.82) is 0 Å². The van der Waals surface area contributed by atoms with Gasteiger partial charge in [0.05, 0.1) is 16.8 Å². The SMILES string of the molecule is CCC(C)N(C(=O)c1cc(-c2ccc(C)c(C)c2)nc2ccccc12)C(C)CC. The van der Waals surface area contributed by atoms with E-state index in [-0.39, 0.29) is 18.0 Å². The van der Waals surface area contributed by atoms with Crippen LogP contribution in [0.1, 0.15) is 62.0 Å². The molecular formula is C26H32N2O. The Labute approximate surface area is 174 Å². The van der Waals surface area contributed by atoms with Crippen LogP contribution in [0, 0.1) is 13.8 Å². The molecule has 0 aliphatic rings. The van der Waals surface area contributed by atoms with Crippen LogP contribution in [0.4, 0.5) is 0 Å². The van der Waals surface area contributed by atoms with Gasteiger partial charge in [0.15, 0.2) is 0 Å². The van der Waals surface area contributed by atoms with Crippen LogP contribution in [0.2, 0.25) is 0 Å². The third kappa shape index (κ3) is 4.19. The topological polar surface area (TPSA) is 33.2 Å². The molecule has 0 N–H and O–H groups in total. The van der Waals surface area contributed by atoms with Gasteiger partial charge in [0.2, 0.25) is 0 Å². The number of carbonyl (C=O) groups is 1. The van der Waals surface area contributed by atoms with Gasteiger partial charge < -0.3 is 4.90 Å². The summed E-state index contributed by atoms with van der Waals surface area (Å²) in [7, 11) is 0. The second kappa shape index (κ2) is 8.77. The number of amides is 1. The lowest BCUT2D eigenvalue weighted by atomic mass is 9.99. The van der Waals surface area contributed by atoms with Crippen molar-refractivity contribution in [2.24, 2.45) is 0 Å². The zero-order chi connectivity index (χ0) is 21.1. The number of aromatic nitrogens is 1. The van der Waals surface area contributed by atoms with E-state index in [4.69, 9.17) is 4.98 Å². The predicted octanol–water partition coefficient (Wildman–Crippen LogP) is 6.56. The Balaban J connectivity index is 2.20. The molecule has 1 heterocycles. The van der Waals surface area contributed by atoms with Crippen molar-refractivity contribution in [2.75, 3.05) is 0 Å². The lowest BCUT2D eigenvalue weighted by Gasteiger charge is -2.34. The van der Waals surface area contributed by atoms with E-state index in [2.05, 4.69) is 59.7 Å². The van der Waals surface area contributed by atoms with Crippen LogP contribution in [0.15, 0.2) is 48.5 Å². The van der Waals surface area contributed by atoms with Crippen molar-refractivity contribution >= 4 is 16.8 Å². The molecule has 2 aromatic carbocycles. The average Bonchev–Trinajstić information content (AvgIpc) is 2.74. The molecule has 1 aromatic heterocycles. The highest BCUT2D eigenvalue weighted by atomic mass is 16.2. The van der Waals surface area contributed by atoms with Gasteiger partial charge in [-0.15, -0.1) is 0 Å². The minimum absolute atomic E-state index is 0.0948. The number of rotatable bonds is 6. The fraction of sp³-hybridized carbons (Fsp3) is 0.385. The number of fused-ring (bicyclic) bond motifs is 1. The number of hydrogen-bond donors (Lipinski definition) is 0. The molecular weight excluding hydrogens is 356 g/mol. The van der Waals surface area contributed by atoms with Crippen molar-refractivity contribution in [2.45, 2.75) is 66.5 Å². The average molecular weight is 389 g/mol. The van der Waals surface area contributed by atoms with Crippen LogP contribution < -0.4 is 0 Å². The minimum Gasteiger partial charge on any atom is -0.333 e. The Morgan fingerprint density at radius 2 is 1.59 bits per heavy atom. The highest BCUT2D eigenvalue weighted by molar-refractivity contribution is 6.07. The van der Waals surface area contributed by atoms with Crippen LogP contribution in [0.25, 0.3) is 22.2 Å². The van der Waals surface area contributed by atoms with Crippen LogP contribution >= 0.6 is 0 Å². The van der Waals surface area contributed by atoms with Gasteiger partial charge in [-0.05, 0) is 69.9 Å². The standard InChI is InChI=1S/C26H32N2O/c1-7-19(5)28(20(6)8-2)26(29)23-16-25(21-14-13-17(3)18(4)15-21)27-24-12-10-9-11-22(23)24/h9-16,19-20H,7-8H2,1-6H3.